The molecule has 20 heavy (non-hydrogen) atoms. The van der Waals surface area contributed by atoms with E-state index < -0.39 is 0 Å². The van der Waals surface area contributed by atoms with Gasteiger partial charge >= 0.3 is 0 Å². The lowest BCUT2D eigenvalue weighted by atomic mass is 9.97. The molecule has 0 saturated carbocycles. The van der Waals surface area contributed by atoms with E-state index in [1.54, 1.807) is 7.11 Å². The average molecular weight is 339 g/mol. The van der Waals surface area contributed by atoms with Crippen molar-refractivity contribution in [2.75, 3.05) is 19.5 Å². The van der Waals surface area contributed by atoms with E-state index in [1.165, 1.54) is 36.9 Å². The predicted molar refractivity (Wildman–Crippen MR) is 86.1 cm³/mol. The minimum Gasteiger partial charge on any atom is -0.382 e. The number of nitrogens with zero attached hydrogens (tertiary/aromatic N) is 1. The van der Waals surface area contributed by atoms with Crippen molar-refractivity contribution < 1.29 is 4.74 Å². The Hall–Kier alpha value is -0.580. The largest absolute Gasteiger partial charge is 0.382 e. The summed E-state index contributed by atoms with van der Waals surface area (Å²) in [6.45, 7) is 0.642. The highest BCUT2D eigenvalue weighted by Crippen LogP contribution is 2.36. The highest BCUT2D eigenvalue weighted by molar-refractivity contribution is 9.10. The molecule has 2 unspecified atom stereocenters. The summed E-state index contributed by atoms with van der Waals surface area (Å²) in [7, 11) is 4.03. The zero-order valence-corrected chi connectivity index (χ0v) is 13.8. The highest BCUT2D eigenvalue weighted by atomic mass is 79.9. The first-order chi connectivity index (χ1) is 9.69. The summed E-state index contributed by atoms with van der Waals surface area (Å²) in [5.74, 6) is 0. The number of benzene rings is 1. The zero-order valence-electron chi connectivity index (χ0n) is 12.2. The Morgan fingerprint density at radius 1 is 1.30 bits per heavy atom. The second-order valence-electron chi connectivity index (χ2n) is 6.06. The molecule has 2 saturated heterocycles. The molecule has 1 aromatic carbocycles. The summed E-state index contributed by atoms with van der Waals surface area (Å²) >= 11 is 3.63. The van der Waals surface area contributed by atoms with Gasteiger partial charge in [-0.25, -0.2) is 0 Å². The van der Waals surface area contributed by atoms with Crippen molar-refractivity contribution in [2.45, 2.75) is 50.4 Å². The van der Waals surface area contributed by atoms with Crippen LogP contribution in [0.2, 0.25) is 0 Å². The van der Waals surface area contributed by atoms with Gasteiger partial charge in [-0.2, -0.15) is 0 Å². The number of halogens is 1. The van der Waals surface area contributed by atoms with Crippen LogP contribution in [0.5, 0.6) is 0 Å². The maximum atomic E-state index is 5.33. The Balaban J connectivity index is 1.74. The first kappa shape index (κ1) is 14.4. The van der Waals surface area contributed by atoms with Gasteiger partial charge in [0, 0.05) is 41.0 Å². The lowest BCUT2D eigenvalue weighted by molar-refractivity contribution is 0.168. The summed E-state index contributed by atoms with van der Waals surface area (Å²) < 4.78 is 6.46. The quantitative estimate of drug-likeness (QED) is 0.907. The maximum absolute atomic E-state index is 5.33. The molecule has 0 spiro atoms. The minimum absolute atomic E-state index is 0.591. The predicted octanol–water partition coefficient (Wildman–Crippen LogP) is 3.63. The van der Waals surface area contributed by atoms with Crippen LogP contribution >= 0.6 is 15.9 Å². The van der Waals surface area contributed by atoms with E-state index in [9.17, 15) is 0 Å². The molecule has 3 nitrogen and oxygen atoms in total. The fraction of sp³-hybridized carbons (Fsp3) is 0.625. The fourth-order valence-corrected chi connectivity index (χ4v) is 4.21. The normalized spacial score (nSPS) is 29.6. The van der Waals surface area contributed by atoms with Gasteiger partial charge in [-0.05, 0) is 44.9 Å². The smallest absolute Gasteiger partial charge is 0.0744 e. The maximum Gasteiger partial charge on any atom is 0.0744 e. The zero-order chi connectivity index (χ0) is 14.1. The van der Waals surface area contributed by atoms with Gasteiger partial charge < -0.3 is 15.0 Å². The SMILES string of the molecule is COCc1c(Br)cccc1NC1CC2CCC(C1)N2C. The molecule has 2 aliphatic rings. The molecule has 4 heteroatoms. The van der Waals surface area contributed by atoms with Crippen LogP contribution in [0.1, 0.15) is 31.2 Å². The molecular formula is C16H23BrN2O. The van der Waals surface area contributed by atoms with Crippen LogP contribution in [-0.4, -0.2) is 37.2 Å². The Labute approximate surface area is 129 Å². The number of piperidine rings is 1. The number of ether oxygens (including phenoxy) is 1. The highest BCUT2D eigenvalue weighted by Gasteiger charge is 2.38. The average Bonchev–Trinajstić information content (AvgIpc) is 2.64. The van der Waals surface area contributed by atoms with Crippen LogP contribution < -0.4 is 5.32 Å². The van der Waals surface area contributed by atoms with Gasteiger partial charge in [0.05, 0.1) is 6.61 Å². The Bertz CT molecular complexity index is 466. The van der Waals surface area contributed by atoms with E-state index >= 15 is 0 Å². The van der Waals surface area contributed by atoms with Crippen LogP contribution in [0.4, 0.5) is 5.69 Å². The molecule has 0 amide bonds. The van der Waals surface area contributed by atoms with Gasteiger partial charge in [-0.1, -0.05) is 22.0 Å². The van der Waals surface area contributed by atoms with E-state index in [-0.39, 0.29) is 0 Å². The number of methoxy groups -OCH3 is 1. The standard InChI is InChI=1S/C16H23BrN2O/c1-19-12-6-7-13(19)9-11(8-12)18-16-5-3-4-15(17)14(16)10-20-2/h3-5,11-13,18H,6-10H2,1-2H3. The molecule has 1 aromatic rings. The Morgan fingerprint density at radius 3 is 2.65 bits per heavy atom. The summed E-state index contributed by atoms with van der Waals surface area (Å²) in [6.07, 6.45) is 5.24. The van der Waals surface area contributed by atoms with E-state index in [1.807, 2.05) is 0 Å². The van der Waals surface area contributed by atoms with Crippen LogP contribution in [0.25, 0.3) is 0 Å². The van der Waals surface area contributed by atoms with E-state index in [0.717, 1.165) is 16.6 Å². The van der Waals surface area contributed by atoms with Crippen molar-refractivity contribution in [3.63, 3.8) is 0 Å². The lowest BCUT2D eigenvalue weighted by Gasteiger charge is -2.37. The van der Waals surface area contributed by atoms with Crippen molar-refractivity contribution in [1.82, 2.24) is 4.90 Å². The van der Waals surface area contributed by atoms with Crippen LogP contribution in [0.15, 0.2) is 22.7 Å². The molecular weight excluding hydrogens is 316 g/mol. The number of nitrogens with one attached hydrogen (secondary N) is 1. The minimum atomic E-state index is 0.591. The summed E-state index contributed by atoms with van der Waals surface area (Å²) in [5, 5.41) is 3.76. The molecule has 3 rings (SSSR count). The molecule has 0 aromatic heterocycles. The first-order valence-corrected chi connectivity index (χ1v) is 8.23. The number of rotatable bonds is 4. The Morgan fingerprint density at radius 2 is 2.00 bits per heavy atom. The number of hydrogen-bond acceptors (Lipinski definition) is 3. The van der Waals surface area contributed by atoms with E-state index in [0.29, 0.717) is 12.6 Å². The fourth-order valence-electron chi connectivity index (χ4n) is 3.73. The summed E-state index contributed by atoms with van der Waals surface area (Å²) in [5.41, 5.74) is 2.44. The van der Waals surface area contributed by atoms with Gasteiger partial charge in [-0.3, -0.25) is 0 Å². The van der Waals surface area contributed by atoms with Crippen molar-refractivity contribution in [3.8, 4) is 0 Å². The molecule has 1 N–H and O–H groups in total. The number of hydrogen-bond donors (Lipinski definition) is 1. The third-order valence-corrected chi connectivity index (χ3v) is 5.61. The second-order valence-corrected chi connectivity index (χ2v) is 6.92. The van der Waals surface area contributed by atoms with E-state index in [4.69, 9.17) is 4.74 Å². The molecule has 2 heterocycles. The molecule has 0 aliphatic carbocycles. The van der Waals surface area contributed by atoms with Gasteiger partial charge in [-0.15, -0.1) is 0 Å². The van der Waals surface area contributed by atoms with Crippen LogP contribution in [0.3, 0.4) is 0 Å². The number of fused-ring (bicyclic) bond motifs is 2. The van der Waals surface area contributed by atoms with Gasteiger partial charge in [0.15, 0.2) is 0 Å². The molecule has 2 fully saturated rings. The number of anilines is 1. The van der Waals surface area contributed by atoms with Gasteiger partial charge in [0.1, 0.15) is 0 Å². The molecule has 2 aliphatic heterocycles. The van der Waals surface area contributed by atoms with Gasteiger partial charge in [0.2, 0.25) is 0 Å². The first-order valence-electron chi connectivity index (χ1n) is 7.44. The van der Waals surface area contributed by atoms with Crippen molar-refractivity contribution >= 4 is 21.6 Å². The van der Waals surface area contributed by atoms with Gasteiger partial charge in [0.25, 0.3) is 0 Å². The third-order valence-electron chi connectivity index (χ3n) is 4.87. The van der Waals surface area contributed by atoms with Crippen LogP contribution in [-0.2, 0) is 11.3 Å². The summed E-state index contributed by atoms with van der Waals surface area (Å²) in [6, 6.07) is 8.47. The van der Waals surface area contributed by atoms with Crippen molar-refractivity contribution in [1.29, 1.82) is 0 Å². The van der Waals surface area contributed by atoms with Crippen molar-refractivity contribution in [2.24, 2.45) is 0 Å². The van der Waals surface area contributed by atoms with Crippen molar-refractivity contribution in [3.05, 3.63) is 28.2 Å². The Kier molecular flexibility index (Phi) is 4.34. The third kappa shape index (κ3) is 2.74. The summed E-state index contributed by atoms with van der Waals surface area (Å²) in [4.78, 5) is 2.58. The topological polar surface area (TPSA) is 24.5 Å². The lowest BCUT2D eigenvalue weighted by Crippen LogP contribution is -2.44. The molecule has 0 radical (unpaired) electrons. The van der Waals surface area contributed by atoms with Crippen LogP contribution in [0, 0.1) is 0 Å². The molecule has 110 valence electrons. The molecule has 2 atom stereocenters. The second kappa shape index (κ2) is 6.04. The molecule has 2 bridgehead atoms. The monoisotopic (exact) mass is 338 g/mol. The van der Waals surface area contributed by atoms with E-state index in [2.05, 4.69) is 51.4 Å².